The summed E-state index contributed by atoms with van der Waals surface area (Å²) in [5, 5.41) is 12.3. The summed E-state index contributed by atoms with van der Waals surface area (Å²) >= 11 is 1.34. The largest absolute Gasteiger partial charge is 0.497 e. The van der Waals surface area contributed by atoms with Crippen LogP contribution >= 0.6 is 11.3 Å². The van der Waals surface area contributed by atoms with Crippen LogP contribution in [0.15, 0.2) is 36.4 Å². The van der Waals surface area contributed by atoms with E-state index in [0.29, 0.717) is 10.7 Å². The fourth-order valence-corrected chi connectivity index (χ4v) is 3.57. The molecule has 5 nitrogen and oxygen atoms in total. The number of hydrogen-bond acceptors (Lipinski definition) is 5. The fourth-order valence-electron chi connectivity index (χ4n) is 2.82. The summed E-state index contributed by atoms with van der Waals surface area (Å²) in [5.74, 6) is 0.625. The molecule has 1 N–H and O–H groups in total. The van der Waals surface area contributed by atoms with E-state index in [1.807, 2.05) is 57.2 Å². The molecule has 0 aliphatic carbocycles. The van der Waals surface area contributed by atoms with Crippen molar-refractivity contribution in [3.05, 3.63) is 58.7 Å². The minimum atomic E-state index is -0.160. The monoisotopic (exact) mass is 353 g/mol. The summed E-state index contributed by atoms with van der Waals surface area (Å²) < 4.78 is 5.15. The van der Waals surface area contributed by atoms with Crippen LogP contribution in [0.1, 0.15) is 27.0 Å². The number of nitrogens with one attached hydrogen (secondary N) is 1. The van der Waals surface area contributed by atoms with Crippen molar-refractivity contribution in [1.82, 2.24) is 10.2 Å². The Morgan fingerprint density at radius 1 is 1.04 bits per heavy atom. The number of anilines is 1. The molecule has 2 aromatic carbocycles. The highest BCUT2D eigenvalue weighted by atomic mass is 32.1. The van der Waals surface area contributed by atoms with Gasteiger partial charge in [-0.15, -0.1) is 10.2 Å². The molecule has 0 spiro atoms. The third-order valence-electron chi connectivity index (χ3n) is 3.89. The number of carbonyl (C=O) groups excluding carboxylic acids is 1. The number of benzene rings is 2. The van der Waals surface area contributed by atoms with E-state index in [-0.39, 0.29) is 5.91 Å². The van der Waals surface area contributed by atoms with E-state index >= 15 is 0 Å². The first-order valence-corrected chi connectivity index (χ1v) is 8.66. The molecule has 0 aliphatic rings. The second kappa shape index (κ2) is 7.03. The highest BCUT2D eigenvalue weighted by Gasteiger charge is 2.15. The molecule has 128 valence electrons. The van der Waals surface area contributed by atoms with Gasteiger partial charge >= 0.3 is 0 Å². The van der Waals surface area contributed by atoms with Crippen molar-refractivity contribution < 1.29 is 9.53 Å². The number of carbonyl (C=O) groups is 1. The normalized spacial score (nSPS) is 10.6. The Kier molecular flexibility index (Phi) is 4.81. The predicted octanol–water partition coefficient (Wildman–Crippen LogP) is 4.39. The Hall–Kier alpha value is -2.73. The molecule has 25 heavy (non-hydrogen) atoms. The first kappa shape index (κ1) is 17.1. The van der Waals surface area contributed by atoms with Gasteiger partial charge in [-0.1, -0.05) is 29.0 Å². The van der Waals surface area contributed by atoms with Gasteiger partial charge in [-0.05, 0) is 56.2 Å². The van der Waals surface area contributed by atoms with Crippen LogP contribution < -0.4 is 10.1 Å². The maximum absolute atomic E-state index is 12.6. The fraction of sp³-hybridized carbons (Fsp3) is 0.211. The summed E-state index contributed by atoms with van der Waals surface area (Å²) in [6, 6.07) is 11.6. The highest BCUT2D eigenvalue weighted by molar-refractivity contribution is 7.18. The Bertz CT molecular complexity index is 894. The molecule has 3 aromatic rings. The number of nitrogens with zero attached hydrogens (tertiary/aromatic N) is 2. The van der Waals surface area contributed by atoms with Crippen molar-refractivity contribution in [2.45, 2.75) is 20.8 Å². The van der Waals surface area contributed by atoms with Gasteiger partial charge in [0.1, 0.15) is 10.8 Å². The van der Waals surface area contributed by atoms with Crippen molar-refractivity contribution in [1.29, 1.82) is 0 Å². The lowest BCUT2D eigenvalue weighted by atomic mass is 9.99. The summed E-state index contributed by atoms with van der Waals surface area (Å²) in [6.07, 6.45) is 0. The van der Waals surface area contributed by atoms with Crippen molar-refractivity contribution in [3.63, 3.8) is 0 Å². The number of aryl methyl sites for hydroxylation is 3. The average Bonchev–Trinajstić information content (AvgIpc) is 3.02. The van der Waals surface area contributed by atoms with E-state index in [9.17, 15) is 4.79 Å². The molecule has 6 heteroatoms. The SMILES string of the molecule is COc1ccc(-c2nnc(NC(=O)c3c(C)cc(C)cc3C)s2)cc1. The van der Waals surface area contributed by atoms with Gasteiger partial charge in [-0.25, -0.2) is 0 Å². The maximum atomic E-state index is 12.6. The molecule has 3 rings (SSSR count). The Morgan fingerprint density at radius 3 is 2.28 bits per heavy atom. The van der Waals surface area contributed by atoms with Crippen LogP contribution in [0.3, 0.4) is 0 Å². The predicted molar refractivity (Wildman–Crippen MR) is 101 cm³/mol. The van der Waals surface area contributed by atoms with Gasteiger partial charge in [0.2, 0.25) is 5.13 Å². The molecule has 0 bridgehead atoms. The van der Waals surface area contributed by atoms with E-state index in [1.54, 1.807) is 7.11 Å². The molecule has 0 radical (unpaired) electrons. The molecule has 0 unspecified atom stereocenters. The van der Waals surface area contributed by atoms with Gasteiger partial charge in [0.15, 0.2) is 0 Å². The lowest BCUT2D eigenvalue weighted by Gasteiger charge is -2.10. The van der Waals surface area contributed by atoms with Crippen LogP contribution in [0, 0.1) is 20.8 Å². The van der Waals surface area contributed by atoms with Crippen LogP contribution in [-0.2, 0) is 0 Å². The maximum Gasteiger partial charge on any atom is 0.258 e. The summed E-state index contributed by atoms with van der Waals surface area (Å²) in [7, 11) is 1.63. The van der Waals surface area contributed by atoms with E-state index in [1.165, 1.54) is 11.3 Å². The van der Waals surface area contributed by atoms with Gasteiger partial charge < -0.3 is 4.74 Å². The average molecular weight is 353 g/mol. The van der Waals surface area contributed by atoms with Gasteiger partial charge in [-0.3, -0.25) is 10.1 Å². The minimum Gasteiger partial charge on any atom is -0.497 e. The first-order chi connectivity index (χ1) is 12.0. The highest BCUT2D eigenvalue weighted by Crippen LogP contribution is 2.28. The smallest absolute Gasteiger partial charge is 0.258 e. The number of rotatable bonds is 4. The zero-order chi connectivity index (χ0) is 18.0. The van der Waals surface area contributed by atoms with Crippen LogP contribution in [-0.4, -0.2) is 23.2 Å². The topological polar surface area (TPSA) is 64.1 Å². The van der Waals surface area contributed by atoms with Crippen molar-refractivity contribution in [3.8, 4) is 16.3 Å². The van der Waals surface area contributed by atoms with Gasteiger partial charge in [0.05, 0.1) is 7.11 Å². The molecule has 0 saturated heterocycles. The second-order valence-corrected chi connectivity index (χ2v) is 6.85. The molecule has 1 aromatic heterocycles. The Balaban J connectivity index is 1.80. The number of amides is 1. The lowest BCUT2D eigenvalue weighted by Crippen LogP contribution is -2.15. The summed E-state index contributed by atoms with van der Waals surface area (Å²) in [5.41, 5.74) is 4.67. The molecule has 0 atom stereocenters. The lowest BCUT2D eigenvalue weighted by molar-refractivity contribution is 0.102. The molecular weight excluding hydrogens is 334 g/mol. The summed E-state index contributed by atoms with van der Waals surface area (Å²) in [4.78, 5) is 12.6. The summed E-state index contributed by atoms with van der Waals surface area (Å²) in [6.45, 7) is 5.91. The minimum absolute atomic E-state index is 0.160. The van der Waals surface area contributed by atoms with Crippen LogP contribution in [0.4, 0.5) is 5.13 Å². The quantitative estimate of drug-likeness (QED) is 0.755. The molecular formula is C19H19N3O2S. The van der Waals surface area contributed by atoms with E-state index in [0.717, 1.165) is 33.0 Å². The van der Waals surface area contributed by atoms with Gasteiger partial charge in [0.25, 0.3) is 5.91 Å². The number of ether oxygens (including phenoxy) is 1. The van der Waals surface area contributed by atoms with E-state index < -0.39 is 0 Å². The zero-order valence-corrected chi connectivity index (χ0v) is 15.4. The van der Waals surface area contributed by atoms with Gasteiger partial charge in [0, 0.05) is 11.1 Å². The third-order valence-corrected chi connectivity index (χ3v) is 4.77. The Morgan fingerprint density at radius 2 is 1.68 bits per heavy atom. The van der Waals surface area contributed by atoms with Crippen molar-refractivity contribution in [2.24, 2.45) is 0 Å². The number of aromatic nitrogens is 2. The van der Waals surface area contributed by atoms with Gasteiger partial charge in [-0.2, -0.15) is 0 Å². The molecule has 1 amide bonds. The first-order valence-electron chi connectivity index (χ1n) is 7.85. The van der Waals surface area contributed by atoms with Crippen LogP contribution in [0.5, 0.6) is 5.75 Å². The molecule has 0 fully saturated rings. The second-order valence-electron chi connectivity index (χ2n) is 5.87. The van der Waals surface area contributed by atoms with Crippen molar-refractivity contribution in [2.75, 3.05) is 12.4 Å². The zero-order valence-electron chi connectivity index (χ0n) is 14.6. The van der Waals surface area contributed by atoms with E-state index in [2.05, 4.69) is 15.5 Å². The van der Waals surface area contributed by atoms with Crippen molar-refractivity contribution >= 4 is 22.4 Å². The van der Waals surface area contributed by atoms with Crippen LogP contribution in [0.25, 0.3) is 10.6 Å². The third kappa shape index (κ3) is 3.69. The number of hydrogen-bond donors (Lipinski definition) is 1. The molecule has 0 aliphatic heterocycles. The van der Waals surface area contributed by atoms with Crippen LogP contribution in [0.2, 0.25) is 0 Å². The van der Waals surface area contributed by atoms with E-state index in [4.69, 9.17) is 4.74 Å². The number of methoxy groups -OCH3 is 1. The molecule has 0 saturated carbocycles. The molecule has 1 heterocycles. The standard InChI is InChI=1S/C19H19N3O2S/c1-11-9-12(2)16(13(3)10-11)17(23)20-19-22-21-18(25-19)14-5-7-15(24-4)8-6-14/h5-10H,1-4H3,(H,20,22,23). The Labute approximate surface area is 150 Å².